The Morgan fingerprint density at radius 1 is 0.818 bits per heavy atom. The lowest BCUT2D eigenvalue weighted by Crippen LogP contribution is -2.22. The number of benzene rings is 2. The lowest BCUT2D eigenvalue weighted by molar-refractivity contribution is 0.781. The van der Waals surface area contributed by atoms with Gasteiger partial charge >= 0.3 is 0 Å². The smallest absolute Gasteiger partial charge is 0.266 e. The fourth-order valence-corrected chi connectivity index (χ4v) is 3.66. The van der Waals surface area contributed by atoms with Gasteiger partial charge in [0.05, 0.1) is 16.4 Å². The van der Waals surface area contributed by atoms with Crippen LogP contribution in [0.5, 0.6) is 0 Å². The van der Waals surface area contributed by atoms with E-state index in [1.165, 1.54) is 0 Å². The molecule has 0 aliphatic carbocycles. The van der Waals surface area contributed by atoms with E-state index >= 15 is 0 Å². The van der Waals surface area contributed by atoms with E-state index in [4.69, 9.17) is 0 Å². The van der Waals surface area contributed by atoms with Crippen LogP contribution >= 0.6 is 0 Å². The highest BCUT2D eigenvalue weighted by Gasteiger charge is 2.23. The molecular weight excluding hydrogens is 276 g/mol. The van der Waals surface area contributed by atoms with E-state index < -0.39 is 0 Å². The average molecular weight is 288 g/mol. The first-order chi connectivity index (χ1) is 10.8. The summed E-state index contributed by atoms with van der Waals surface area (Å²) < 4.78 is 3.81. The van der Waals surface area contributed by atoms with Crippen molar-refractivity contribution in [2.45, 2.75) is 13.0 Å². The molecule has 0 radical (unpaired) electrons. The van der Waals surface area contributed by atoms with Crippen molar-refractivity contribution >= 4 is 27.5 Å². The minimum atomic E-state index is -0.0544. The van der Waals surface area contributed by atoms with Crippen LogP contribution in [0, 0.1) is 0 Å². The van der Waals surface area contributed by atoms with Crippen LogP contribution in [0.25, 0.3) is 27.5 Å². The Hall–Kier alpha value is -2.88. The first kappa shape index (κ1) is 11.7. The number of hydrogen-bond donors (Lipinski definition) is 0. The summed E-state index contributed by atoms with van der Waals surface area (Å²) in [6.07, 6.45) is 0.681. The summed E-state index contributed by atoms with van der Waals surface area (Å²) in [4.78, 5) is 25.7. The third-order valence-corrected chi connectivity index (χ3v) is 4.61. The Bertz CT molecular complexity index is 1220. The molecular formula is C18H12N2O2. The predicted molar refractivity (Wildman–Crippen MR) is 86.6 cm³/mol. The van der Waals surface area contributed by atoms with Crippen LogP contribution in [0.3, 0.4) is 0 Å². The van der Waals surface area contributed by atoms with Gasteiger partial charge in [-0.25, -0.2) is 0 Å². The van der Waals surface area contributed by atoms with Gasteiger partial charge in [0, 0.05) is 17.5 Å². The summed E-state index contributed by atoms with van der Waals surface area (Å²) in [5.41, 5.74) is 3.10. The first-order valence-corrected chi connectivity index (χ1v) is 7.35. The SMILES string of the molecule is O=c1c2c3n(c4ccccc4c(=O)n3c3ccccc13)CC2. The molecule has 0 fully saturated rings. The molecule has 4 nitrogen and oxygen atoms in total. The predicted octanol–water partition coefficient (Wildman–Crippen LogP) is 2.32. The standard InChI is InChI=1S/C18H12N2O2/c21-16-11-5-1-4-8-15(11)20-17-13(16)9-10-19(17)14-7-3-2-6-12(14)18(20)22/h1-8H,9-10H2. The van der Waals surface area contributed by atoms with E-state index in [2.05, 4.69) is 4.57 Å². The number of aromatic nitrogens is 2. The van der Waals surface area contributed by atoms with Crippen LogP contribution in [0.2, 0.25) is 0 Å². The third kappa shape index (κ3) is 1.23. The fourth-order valence-electron chi connectivity index (χ4n) is 3.66. The average Bonchev–Trinajstić information content (AvgIpc) is 3.00. The maximum Gasteiger partial charge on any atom is 0.266 e. The molecule has 0 unspecified atom stereocenters. The highest BCUT2D eigenvalue weighted by molar-refractivity contribution is 5.88. The number of fused-ring (bicyclic) bond motifs is 4. The fraction of sp³-hybridized carbons (Fsp3) is 0.111. The van der Waals surface area contributed by atoms with Crippen LogP contribution < -0.4 is 11.0 Å². The molecule has 3 heterocycles. The van der Waals surface area contributed by atoms with Crippen molar-refractivity contribution in [2.24, 2.45) is 0 Å². The Morgan fingerprint density at radius 3 is 2.32 bits per heavy atom. The molecule has 1 aliphatic rings. The number of pyridine rings is 1. The van der Waals surface area contributed by atoms with Gasteiger partial charge in [-0.1, -0.05) is 24.3 Å². The van der Waals surface area contributed by atoms with Crippen molar-refractivity contribution < 1.29 is 0 Å². The van der Waals surface area contributed by atoms with Gasteiger partial charge in [0.2, 0.25) is 0 Å². The van der Waals surface area contributed by atoms with E-state index in [0.717, 1.165) is 23.3 Å². The zero-order valence-electron chi connectivity index (χ0n) is 11.7. The Labute approximate surface area is 124 Å². The number of para-hydroxylation sites is 2. The van der Waals surface area contributed by atoms with Gasteiger partial charge in [0.25, 0.3) is 5.56 Å². The van der Waals surface area contributed by atoms with Crippen LogP contribution in [-0.2, 0) is 13.0 Å². The highest BCUT2D eigenvalue weighted by Crippen LogP contribution is 2.25. The zero-order chi connectivity index (χ0) is 14.8. The van der Waals surface area contributed by atoms with Crippen molar-refractivity contribution in [3.05, 3.63) is 74.7 Å². The molecule has 0 saturated carbocycles. The molecule has 0 bridgehead atoms. The molecule has 5 rings (SSSR count). The van der Waals surface area contributed by atoms with Crippen molar-refractivity contribution in [3.63, 3.8) is 0 Å². The number of nitrogens with zero attached hydrogens (tertiary/aromatic N) is 2. The lowest BCUT2D eigenvalue weighted by atomic mass is 10.1. The normalized spacial score (nSPS) is 13.5. The largest absolute Gasteiger partial charge is 0.326 e. The van der Waals surface area contributed by atoms with Crippen molar-refractivity contribution in [3.8, 4) is 0 Å². The molecule has 2 aromatic carbocycles. The monoisotopic (exact) mass is 288 g/mol. The van der Waals surface area contributed by atoms with Crippen LogP contribution in [0.1, 0.15) is 5.56 Å². The Kier molecular flexibility index (Phi) is 2.06. The van der Waals surface area contributed by atoms with Gasteiger partial charge in [-0.2, -0.15) is 0 Å². The maximum atomic E-state index is 13.0. The van der Waals surface area contributed by atoms with Gasteiger partial charge in [-0.05, 0) is 30.7 Å². The summed E-state index contributed by atoms with van der Waals surface area (Å²) in [5.74, 6) is 0. The minimum Gasteiger partial charge on any atom is -0.326 e. The molecule has 0 N–H and O–H groups in total. The summed E-state index contributed by atoms with van der Waals surface area (Å²) >= 11 is 0. The molecule has 0 amide bonds. The van der Waals surface area contributed by atoms with Crippen LogP contribution in [-0.4, -0.2) is 8.97 Å². The minimum absolute atomic E-state index is 0.0523. The second kappa shape index (κ2) is 3.85. The first-order valence-electron chi connectivity index (χ1n) is 7.35. The second-order valence-electron chi connectivity index (χ2n) is 5.71. The molecule has 0 atom stereocenters. The molecule has 1 aliphatic heterocycles. The third-order valence-electron chi connectivity index (χ3n) is 4.61. The molecule has 4 heteroatoms. The van der Waals surface area contributed by atoms with Crippen molar-refractivity contribution in [1.29, 1.82) is 0 Å². The Morgan fingerprint density at radius 2 is 1.50 bits per heavy atom. The topological polar surface area (TPSA) is 43.5 Å². The summed E-state index contributed by atoms with van der Waals surface area (Å²) in [6.45, 7) is 0.741. The Balaban J connectivity index is 2.27. The van der Waals surface area contributed by atoms with Crippen LogP contribution in [0.15, 0.2) is 58.1 Å². The van der Waals surface area contributed by atoms with E-state index in [9.17, 15) is 9.59 Å². The number of hydrogen-bond acceptors (Lipinski definition) is 2. The van der Waals surface area contributed by atoms with E-state index in [0.29, 0.717) is 22.7 Å². The van der Waals surface area contributed by atoms with Crippen LogP contribution in [0.4, 0.5) is 0 Å². The van der Waals surface area contributed by atoms with Gasteiger partial charge in [-0.15, -0.1) is 0 Å². The second-order valence-corrected chi connectivity index (χ2v) is 5.71. The summed E-state index contributed by atoms with van der Waals surface area (Å²) in [7, 11) is 0. The summed E-state index contributed by atoms with van der Waals surface area (Å²) in [5, 5.41) is 1.31. The molecule has 22 heavy (non-hydrogen) atoms. The van der Waals surface area contributed by atoms with E-state index in [1.807, 2.05) is 42.5 Å². The molecule has 0 saturated heterocycles. The molecule has 106 valence electrons. The number of aryl methyl sites for hydroxylation is 2. The molecule has 0 spiro atoms. The van der Waals surface area contributed by atoms with E-state index in [-0.39, 0.29) is 11.0 Å². The van der Waals surface area contributed by atoms with Gasteiger partial charge < -0.3 is 4.57 Å². The molecule has 2 aromatic heterocycles. The number of rotatable bonds is 0. The quantitative estimate of drug-likeness (QED) is 0.368. The van der Waals surface area contributed by atoms with Gasteiger partial charge in [0.15, 0.2) is 5.43 Å². The molecule has 4 aromatic rings. The maximum absolute atomic E-state index is 13.0. The van der Waals surface area contributed by atoms with E-state index in [1.54, 1.807) is 10.5 Å². The zero-order valence-corrected chi connectivity index (χ0v) is 11.7. The van der Waals surface area contributed by atoms with Crippen molar-refractivity contribution in [1.82, 2.24) is 8.97 Å². The van der Waals surface area contributed by atoms with Gasteiger partial charge in [-0.3, -0.25) is 14.0 Å². The summed E-state index contributed by atoms with van der Waals surface area (Å²) in [6, 6.07) is 15.0. The van der Waals surface area contributed by atoms with Crippen molar-refractivity contribution in [2.75, 3.05) is 0 Å². The van der Waals surface area contributed by atoms with Gasteiger partial charge in [0.1, 0.15) is 5.65 Å². The lowest BCUT2D eigenvalue weighted by Gasteiger charge is -2.12. The highest BCUT2D eigenvalue weighted by atomic mass is 16.1.